The van der Waals surface area contributed by atoms with E-state index in [-0.39, 0.29) is 0 Å². The molecule has 0 atom stereocenters. The molecule has 1 N–H and O–H groups in total. The van der Waals surface area contributed by atoms with Crippen LogP contribution in [0.4, 0.5) is 0 Å². The average Bonchev–Trinajstić information content (AvgIpc) is 2.95. The molecule has 0 aliphatic rings. The quantitative estimate of drug-likeness (QED) is 0.771. The maximum atomic E-state index is 5.46. The highest BCUT2D eigenvalue weighted by Gasteiger charge is 2.09. The molecule has 1 aromatic carbocycles. The number of hydrogen-bond acceptors (Lipinski definition) is 6. The zero-order chi connectivity index (χ0) is 13.2. The van der Waals surface area contributed by atoms with Gasteiger partial charge in [0.2, 0.25) is 0 Å². The molecule has 19 heavy (non-hydrogen) atoms. The molecule has 2 aromatic heterocycles. The van der Waals surface area contributed by atoms with Crippen LogP contribution in [0, 0.1) is 0 Å². The molecule has 0 unspecified atom stereocenters. The molecule has 5 nitrogen and oxygen atoms in total. The normalized spacial score (nSPS) is 11.1. The first-order valence-corrected chi connectivity index (χ1v) is 7.96. The fourth-order valence-electron chi connectivity index (χ4n) is 1.59. The Bertz CT molecular complexity index is 712. The van der Waals surface area contributed by atoms with Crippen LogP contribution in [0.25, 0.3) is 11.0 Å². The minimum Gasteiger partial charge on any atom is -0.494 e. The summed E-state index contributed by atoms with van der Waals surface area (Å²) in [6.07, 6.45) is 0. The van der Waals surface area contributed by atoms with Crippen LogP contribution in [0.3, 0.4) is 0 Å². The molecule has 0 spiro atoms. The second-order valence-electron chi connectivity index (χ2n) is 3.58. The summed E-state index contributed by atoms with van der Waals surface area (Å²) in [5.41, 5.74) is 1.87. The van der Waals surface area contributed by atoms with Gasteiger partial charge in [-0.05, 0) is 46.7 Å². The Kier molecular flexibility index (Phi) is 3.72. The average molecular weight is 357 g/mol. The summed E-state index contributed by atoms with van der Waals surface area (Å²) in [5, 5.41) is 8.73. The molecule has 0 radical (unpaired) electrons. The number of rotatable bonds is 4. The number of nitrogens with one attached hydrogen (secondary N) is 1. The standard InChI is InChI=1S/C11H9BrN4OS2/c1-2-17-6-3-4-7-8(5-6)14-10(13-7)19-11-16-15-9(12)18-11/h3-5H,2H2,1H3,(H,13,14). The van der Waals surface area contributed by atoms with E-state index < -0.39 is 0 Å². The first-order chi connectivity index (χ1) is 9.24. The van der Waals surface area contributed by atoms with Crippen molar-refractivity contribution in [2.75, 3.05) is 6.61 Å². The molecule has 2 heterocycles. The van der Waals surface area contributed by atoms with Gasteiger partial charge in [0, 0.05) is 6.07 Å². The van der Waals surface area contributed by atoms with Crippen molar-refractivity contribution in [1.29, 1.82) is 0 Å². The van der Waals surface area contributed by atoms with Gasteiger partial charge in [0.05, 0.1) is 17.6 Å². The Labute approximate surface area is 125 Å². The van der Waals surface area contributed by atoms with Crippen LogP contribution in [0.15, 0.2) is 31.6 Å². The predicted octanol–water partition coefficient (Wildman–Crippen LogP) is 3.73. The van der Waals surface area contributed by atoms with Gasteiger partial charge in [0.25, 0.3) is 0 Å². The second-order valence-corrected chi connectivity index (χ2v) is 7.07. The van der Waals surface area contributed by atoms with Gasteiger partial charge >= 0.3 is 0 Å². The lowest BCUT2D eigenvalue weighted by Gasteiger charge is -2.00. The topological polar surface area (TPSA) is 63.7 Å². The van der Waals surface area contributed by atoms with Crippen LogP contribution < -0.4 is 4.74 Å². The number of fused-ring (bicyclic) bond motifs is 1. The van der Waals surface area contributed by atoms with Gasteiger partial charge in [-0.3, -0.25) is 0 Å². The highest BCUT2D eigenvalue weighted by atomic mass is 79.9. The molecule has 0 bridgehead atoms. The number of halogens is 1. The van der Waals surface area contributed by atoms with E-state index in [1.165, 1.54) is 23.1 Å². The van der Waals surface area contributed by atoms with E-state index in [0.717, 1.165) is 30.2 Å². The molecule has 0 fully saturated rings. The SMILES string of the molecule is CCOc1ccc2nc(Sc3nnc(Br)s3)[nH]c2c1. The Balaban J connectivity index is 1.88. The number of H-pyrrole nitrogens is 1. The van der Waals surface area contributed by atoms with Crippen LogP contribution in [0.2, 0.25) is 0 Å². The van der Waals surface area contributed by atoms with Gasteiger partial charge in [0.15, 0.2) is 13.4 Å². The maximum Gasteiger partial charge on any atom is 0.184 e. The monoisotopic (exact) mass is 356 g/mol. The fraction of sp³-hybridized carbons (Fsp3) is 0.182. The van der Waals surface area contributed by atoms with Crippen molar-refractivity contribution in [3.63, 3.8) is 0 Å². The summed E-state index contributed by atoms with van der Waals surface area (Å²) in [6, 6.07) is 5.81. The van der Waals surface area contributed by atoms with E-state index in [4.69, 9.17) is 4.74 Å². The van der Waals surface area contributed by atoms with Crippen LogP contribution in [-0.4, -0.2) is 26.8 Å². The fourth-order valence-corrected chi connectivity index (χ4v) is 3.95. The van der Waals surface area contributed by atoms with E-state index in [1.807, 2.05) is 25.1 Å². The molecule has 3 rings (SSSR count). The lowest BCUT2D eigenvalue weighted by molar-refractivity contribution is 0.340. The Morgan fingerprint density at radius 3 is 3.05 bits per heavy atom. The molecular weight excluding hydrogens is 348 g/mol. The van der Waals surface area contributed by atoms with E-state index in [9.17, 15) is 0 Å². The van der Waals surface area contributed by atoms with Gasteiger partial charge in [-0.25, -0.2) is 4.98 Å². The van der Waals surface area contributed by atoms with Gasteiger partial charge < -0.3 is 9.72 Å². The number of hydrogen-bond donors (Lipinski definition) is 1. The lowest BCUT2D eigenvalue weighted by atomic mass is 10.3. The van der Waals surface area contributed by atoms with Crippen LogP contribution in [-0.2, 0) is 0 Å². The zero-order valence-corrected chi connectivity index (χ0v) is 13.1. The summed E-state index contributed by atoms with van der Waals surface area (Å²) in [5.74, 6) is 0.842. The molecule has 0 aliphatic heterocycles. The van der Waals surface area contributed by atoms with Crippen LogP contribution in [0.5, 0.6) is 5.75 Å². The van der Waals surface area contributed by atoms with Crippen molar-refractivity contribution in [3.05, 3.63) is 22.1 Å². The molecule has 0 aliphatic carbocycles. The van der Waals surface area contributed by atoms with Gasteiger partial charge in [0.1, 0.15) is 5.75 Å². The van der Waals surface area contributed by atoms with E-state index in [1.54, 1.807) is 0 Å². The third kappa shape index (κ3) is 2.90. The highest BCUT2D eigenvalue weighted by Crippen LogP contribution is 2.31. The van der Waals surface area contributed by atoms with Crippen molar-refractivity contribution >= 4 is 50.1 Å². The van der Waals surface area contributed by atoms with Crippen LogP contribution in [0.1, 0.15) is 6.92 Å². The first-order valence-electron chi connectivity index (χ1n) is 5.54. The summed E-state index contributed by atoms with van der Waals surface area (Å²) in [6.45, 7) is 2.62. The molecular formula is C11H9BrN4OS2. The van der Waals surface area contributed by atoms with Crippen molar-refractivity contribution in [2.45, 2.75) is 16.4 Å². The molecule has 3 aromatic rings. The van der Waals surface area contributed by atoms with Crippen molar-refractivity contribution in [2.24, 2.45) is 0 Å². The van der Waals surface area contributed by atoms with Gasteiger partial charge in [-0.15, -0.1) is 10.2 Å². The highest BCUT2D eigenvalue weighted by molar-refractivity contribution is 9.11. The van der Waals surface area contributed by atoms with Crippen molar-refractivity contribution < 1.29 is 4.74 Å². The summed E-state index contributed by atoms with van der Waals surface area (Å²) in [4.78, 5) is 7.74. The summed E-state index contributed by atoms with van der Waals surface area (Å²) in [7, 11) is 0. The van der Waals surface area contributed by atoms with Gasteiger partial charge in [-0.2, -0.15) is 0 Å². The van der Waals surface area contributed by atoms with E-state index in [0.29, 0.717) is 6.61 Å². The molecule has 0 saturated carbocycles. The second kappa shape index (κ2) is 5.48. The number of aromatic nitrogens is 4. The van der Waals surface area contributed by atoms with Crippen LogP contribution >= 0.6 is 39.0 Å². The number of nitrogens with zero attached hydrogens (tertiary/aromatic N) is 3. The maximum absolute atomic E-state index is 5.46. The summed E-state index contributed by atoms with van der Waals surface area (Å²) >= 11 is 6.23. The van der Waals surface area contributed by atoms with E-state index in [2.05, 4.69) is 36.1 Å². The Morgan fingerprint density at radius 2 is 2.32 bits per heavy atom. The smallest absolute Gasteiger partial charge is 0.184 e. The largest absolute Gasteiger partial charge is 0.494 e. The third-order valence-electron chi connectivity index (χ3n) is 2.31. The third-order valence-corrected chi connectivity index (χ3v) is 4.60. The molecule has 0 amide bonds. The summed E-state index contributed by atoms with van der Waals surface area (Å²) < 4.78 is 7.08. The molecule has 8 heteroatoms. The Hall–Kier alpha value is -1.12. The predicted molar refractivity (Wildman–Crippen MR) is 79.0 cm³/mol. The minimum atomic E-state index is 0.653. The minimum absolute atomic E-state index is 0.653. The number of ether oxygens (including phenoxy) is 1. The van der Waals surface area contributed by atoms with Gasteiger partial charge in [-0.1, -0.05) is 11.3 Å². The number of benzene rings is 1. The Morgan fingerprint density at radius 1 is 1.42 bits per heavy atom. The zero-order valence-electron chi connectivity index (χ0n) is 9.88. The number of aromatic amines is 1. The lowest BCUT2D eigenvalue weighted by Crippen LogP contribution is -1.90. The van der Waals surface area contributed by atoms with Crippen molar-refractivity contribution in [3.8, 4) is 5.75 Å². The van der Waals surface area contributed by atoms with E-state index >= 15 is 0 Å². The number of imidazole rings is 1. The van der Waals surface area contributed by atoms with Crippen molar-refractivity contribution in [1.82, 2.24) is 20.2 Å². The first kappa shape index (κ1) is 12.9. The molecule has 0 saturated heterocycles. The molecule has 98 valence electrons.